The first-order chi connectivity index (χ1) is 15.1. The second-order valence-corrected chi connectivity index (χ2v) is 8.77. The molecule has 1 amide bonds. The van der Waals surface area contributed by atoms with E-state index >= 15 is 0 Å². The third kappa shape index (κ3) is 3.68. The molecule has 2 aliphatic rings. The molecule has 5 nitrogen and oxygen atoms in total. The highest BCUT2D eigenvalue weighted by molar-refractivity contribution is 5.97. The summed E-state index contributed by atoms with van der Waals surface area (Å²) in [5, 5.41) is 5.59. The Morgan fingerprint density at radius 1 is 1.16 bits per heavy atom. The van der Waals surface area contributed by atoms with Crippen molar-refractivity contribution in [2.24, 2.45) is 0 Å². The predicted octanol–water partition coefficient (Wildman–Crippen LogP) is 3.89. The number of amides is 1. The molecule has 2 saturated heterocycles. The summed E-state index contributed by atoms with van der Waals surface area (Å²) >= 11 is 0. The second kappa shape index (κ2) is 7.98. The first kappa shape index (κ1) is 20.0. The van der Waals surface area contributed by atoms with Crippen molar-refractivity contribution in [1.82, 2.24) is 10.2 Å². The van der Waals surface area contributed by atoms with Gasteiger partial charge in [-0.2, -0.15) is 0 Å². The lowest BCUT2D eigenvalue weighted by Crippen LogP contribution is -2.59. The van der Waals surface area contributed by atoms with Gasteiger partial charge in [-0.1, -0.05) is 48.5 Å². The van der Waals surface area contributed by atoms with Crippen LogP contribution in [0.2, 0.25) is 0 Å². The molecular formula is C26H28N2O3. The summed E-state index contributed by atoms with van der Waals surface area (Å²) < 4.78 is 11.6. The Bertz CT molecular complexity index is 1120. The van der Waals surface area contributed by atoms with E-state index in [0.717, 1.165) is 40.6 Å². The molecule has 0 saturated carbocycles. The van der Waals surface area contributed by atoms with Gasteiger partial charge in [0.1, 0.15) is 17.9 Å². The van der Waals surface area contributed by atoms with Crippen LogP contribution >= 0.6 is 0 Å². The minimum Gasteiger partial charge on any atom is -0.492 e. The van der Waals surface area contributed by atoms with Gasteiger partial charge in [0.05, 0.1) is 13.2 Å². The molecule has 1 unspecified atom stereocenters. The maximum atomic E-state index is 13.4. The van der Waals surface area contributed by atoms with Crippen molar-refractivity contribution in [3.05, 3.63) is 77.4 Å². The number of carbonyl (C=O) groups is 1. The number of aryl methyl sites for hydroxylation is 1. The van der Waals surface area contributed by atoms with Gasteiger partial charge < -0.3 is 14.8 Å². The van der Waals surface area contributed by atoms with Crippen LogP contribution in [0, 0.1) is 6.92 Å². The third-order valence-corrected chi connectivity index (χ3v) is 6.69. The molecule has 3 aromatic rings. The molecule has 0 spiro atoms. The van der Waals surface area contributed by atoms with Gasteiger partial charge in [0.15, 0.2) is 0 Å². The summed E-state index contributed by atoms with van der Waals surface area (Å²) in [5.74, 6) is 0.639. The van der Waals surface area contributed by atoms with Gasteiger partial charge >= 0.3 is 0 Å². The first-order valence-electron chi connectivity index (χ1n) is 10.9. The molecule has 5 rings (SSSR count). The van der Waals surface area contributed by atoms with E-state index in [4.69, 9.17) is 9.47 Å². The average molecular weight is 417 g/mol. The summed E-state index contributed by atoms with van der Waals surface area (Å²) in [5.41, 5.74) is 2.16. The predicted molar refractivity (Wildman–Crippen MR) is 122 cm³/mol. The van der Waals surface area contributed by atoms with E-state index in [1.54, 1.807) is 0 Å². The smallest absolute Gasteiger partial charge is 0.252 e. The number of nitrogens with zero attached hydrogens (tertiary/aromatic N) is 1. The van der Waals surface area contributed by atoms with Crippen molar-refractivity contribution in [2.45, 2.75) is 24.9 Å². The number of hydrogen-bond donors (Lipinski definition) is 1. The topological polar surface area (TPSA) is 50.8 Å². The van der Waals surface area contributed by atoms with E-state index in [1.807, 2.05) is 43.3 Å². The van der Waals surface area contributed by atoms with E-state index in [1.165, 1.54) is 0 Å². The number of hydrogen-bond acceptors (Lipinski definition) is 4. The maximum Gasteiger partial charge on any atom is 0.252 e. The van der Waals surface area contributed by atoms with E-state index in [-0.39, 0.29) is 5.91 Å². The molecule has 160 valence electrons. The lowest BCUT2D eigenvalue weighted by molar-refractivity contribution is -0.0726. The van der Waals surface area contributed by atoms with Gasteiger partial charge in [-0.15, -0.1) is 0 Å². The number of carbonyl (C=O) groups excluding carboxylic acids is 1. The summed E-state index contributed by atoms with van der Waals surface area (Å²) in [6.07, 6.45) is 1.16. The van der Waals surface area contributed by atoms with Gasteiger partial charge in [-0.05, 0) is 61.0 Å². The molecule has 0 bridgehead atoms. The van der Waals surface area contributed by atoms with Crippen molar-refractivity contribution >= 4 is 16.7 Å². The molecule has 0 aromatic heterocycles. The van der Waals surface area contributed by atoms with E-state index in [0.29, 0.717) is 31.4 Å². The lowest BCUT2D eigenvalue weighted by Gasteiger charge is -2.43. The van der Waals surface area contributed by atoms with Crippen molar-refractivity contribution in [2.75, 3.05) is 33.4 Å². The Labute approximate surface area is 183 Å². The highest BCUT2D eigenvalue weighted by atomic mass is 16.5. The number of nitrogens with one attached hydrogen (secondary N) is 1. The normalized spacial score (nSPS) is 20.0. The van der Waals surface area contributed by atoms with Crippen LogP contribution in [-0.2, 0) is 10.3 Å². The fourth-order valence-electron chi connectivity index (χ4n) is 4.44. The van der Waals surface area contributed by atoms with Crippen LogP contribution < -0.4 is 10.1 Å². The molecule has 2 aliphatic heterocycles. The molecule has 3 aromatic carbocycles. The van der Waals surface area contributed by atoms with Gasteiger partial charge in [0.25, 0.3) is 5.91 Å². The van der Waals surface area contributed by atoms with Crippen LogP contribution in [0.3, 0.4) is 0 Å². The number of rotatable bonds is 6. The lowest BCUT2D eigenvalue weighted by atomic mass is 9.84. The van der Waals surface area contributed by atoms with Gasteiger partial charge in [0.2, 0.25) is 0 Å². The van der Waals surface area contributed by atoms with Crippen LogP contribution in [0.15, 0.2) is 60.7 Å². The number of fused-ring (bicyclic) bond motifs is 1. The number of likely N-dealkylation sites (tertiary alicyclic amines) is 1. The van der Waals surface area contributed by atoms with E-state index < -0.39 is 5.54 Å². The van der Waals surface area contributed by atoms with Crippen LogP contribution in [0.25, 0.3) is 10.8 Å². The van der Waals surface area contributed by atoms with Gasteiger partial charge in [-0.25, -0.2) is 0 Å². The molecule has 5 heteroatoms. The molecule has 0 aliphatic carbocycles. The fraction of sp³-hybridized carbons (Fsp3) is 0.346. The van der Waals surface area contributed by atoms with E-state index in [9.17, 15) is 4.79 Å². The summed E-state index contributed by atoms with van der Waals surface area (Å²) in [7, 11) is 2.11. The Hall–Kier alpha value is -2.89. The highest BCUT2D eigenvalue weighted by Gasteiger charge is 2.43. The van der Waals surface area contributed by atoms with Gasteiger partial charge in [-0.3, -0.25) is 9.69 Å². The molecule has 2 fully saturated rings. The van der Waals surface area contributed by atoms with Crippen molar-refractivity contribution < 1.29 is 14.3 Å². The number of likely N-dealkylation sites (N-methyl/N-ethyl adjacent to an activating group) is 1. The molecule has 0 radical (unpaired) electrons. The van der Waals surface area contributed by atoms with Crippen LogP contribution in [0.1, 0.15) is 27.9 Å². The van der Waals surface area contributed by atoms with Crippen molar-refractivity contribution in [3.8, 4) is 5.75 Å². The molecule has 1 N–H and O–H groups in total. The monoisotopic (exact) mass is 416 g/mol. The highest BCUT2D eigenvalue weighted by Crippen LogP contribution is 2.35. The minimum atomic E-state index is -0.518. The van der Waals surface area contributed by atoms with Crippen LogP contribution in [0.4, 0.5) is 0 Å². The van der Waals surface area contributed by atoms with E-state index in [2.05, 4.69) is 41.5 Å². The largest absolute Gasteiger partial charge is 0.492 e. The SMILES string of the molecule is Cc1ccc(OCC2CCN2C)cc1C(=O)NC1(c2cccc3ccccc23)COC1. The zero-order valence-electron chi connectivity index (χ0n) is 18.1. The van der Waals surface area contributed by atoms with Gasteiger partial charge in [0, 0.05) is 11.6 Å². The Morgan fingerprint density at radius 2 is 1.97 bits per heavy atom. The fourth-order valence-corrected chi connectivity index (χ4v) is 4.44. The quantitative estimate of drug-likeness (QED) is 0.663. The maximum absolute atomic E-state index is 13.4. The number of ether oxygens (including phenoxy) is 2. The Morgan fingerprint density at radius 3 is 2.68 bits per heavy atom. The zero-order valence-corrected chi connectivity index (χ0v) is 18.1. The summed E-state index contributed by atoms with van der Waals surface area (Å²) in [6.45, 7) is 4.66. The summed E-state index contributed by atoms with van der Waals surface area (Å²) in [6, 6.07) is 20.7. The minimum absolute atomic E-state index is 0.0973. The molecule has 1 atom stereocenters. The average Bonchev–Trinajstić information content (AvgIpc) is 2.76. The molecular weight excluding hydrogens is 388 g/mol. The first-order valence-corrected chi connectivity index (χ1v) is 10.9. The standard InChI is InChI=1S/C26H28N2O3/c1-18-10-11-21(31-15-20-12-13-28(20)2)14-23(18)25(29)27-26(16-30-17-26)24-9-5-7-19-6-3-4-8-22(19)24/h3-11,14,20H,12-13,15-17H2,1-2H3,(H,27,29). The number of benzene rings is 3. The van der Waals surface area contributed by atoms with Crippen molar-refractivity contribution in [1.29, 1.82) is 0 Å². The third-order valence-electron chi connectivity index (χ3n) is 6.69. The van der Waals surface area contributed by atoms with Crippen molar-refractivity contribution in [3.63, 3.8) is 0 Å². The summed E-state index contributed by atoms with van der Waals surface area (Å²) in [4.78, 5) is 15.6. The Balaban J connectivity index is 1.39. The molecule has 2 heterocycles. The zero-order chi connectivity index (χ0) is 21.4. The second-order valence-electron chi connectivity index (χ2n) is 8.77. The van der Waals surface area contributed by atoms with Crippen LogP contribution in [-0.4, -0.2) is 50.3 Å². The molecule has 31 heavy (non-hydrogen) atoms. The van der Waals surface area contributed by atoms with Crippen LogP contribution in [0.5, 0.6) is 5.75 Å². The Kier molecular flexibility index (Phi) is 5.16.